The third kappa shape index (κ3) is 4.73. The molecule has 1 heterocycles. The minimum Gasteiger partial charge on any atom is -0.378 e. The van der Waals surface area contributed by atoms with Gasteiger partial charge in [-0.2, -0.15) is 0 Å². The maximum atomic E-state index is 12.2. The lowest BCUT2D eigenvalue weighted by Gasteiger charge is -2.26. The van der Waals surface area contributed by atoms with Crippen molar-refractivity contribution < 1.29 is 9.53 Å². The van der Waals surface area contributed by atoms with E-state index in [4.69, 9.17) is 16.3 Å². The molecular formula is C20H28ClNO2. The van der Waals surface area contributed by atoms with Crippen LogP contribution in [0.1, 0.15) is 62.0 Å². The van der Waals surface area contributed by atoms with E-state index in [1.54, 1.807) is 0 Å². The summed E-state index contributed by atoms with van der Waals surface area (Å²) in [6, 6.07) is 6.54. The van der Waals surface area contributed by atoms with E-state index in [1.807, 2.05) is 4.90 Å². The Balaban J connectivity index is 1.48. The van der Waals surface area contributed by atoms with Gasteiger partial charge in [0.05, 0.1) is 13.2 Å². The van der Waals surface area contributed by atoms with Gasteiger partial charge in [-0.1, -0.05) is 43.0 Å². The van der Waals surface area contributed by atoms with Crippen molar-refractivity contribution in [3.05, 3.63) is 34.3 Å². The van der Waals surface area contributed by atoms with Crippen LogP contribution in [0.3, 0.4) is 0 Å². The standard InChI is InChI=1S/C20H28ClNO2/c21-19-15-16(9-10-18(19)17-6-2-1-3-7-17)5-4-8-20(23)22-11-13-24-14-12-22/h9-10,15,17H,1-8,11-14H2. The van der Waals surface area contributed by atoms with Crippen LogP contribution in [-0.2, 0) is 16.0 Å². The lowest BCUT2D eigenvalue weighted by atomic mass is 9.83. The Kier molecular flexibility index (Phi) is 6.56. The zero-order chi connectivity index (χ0) is 16.8. The maximum Gasteiger partial charge on any atom is 0.222 e. The fraction of sp³-hybridized carbons (Fsp3) is 0.650. The minimum absolute atomic E-state index is 0.253. The first-order valence-electron chi connectivity index (χ1n) is 9.38. The number of aryl methyl sites for hydroxylation is 1. The number of morpholine rings is 1. The molecule has 0 aromatic heterocycles. The van der Waals surface area contributed by atoms with Crippen LogP contribution in [0, 0.1) is 0 Å². The van der Waals surface area contributed by atoms with Crippen LogP contribution in [0.15, 0.2) is 18.2 Å². The van der Waals surface area contributed by atoms with Gasteiger partial charge >= 0.3 is 0 Å². The Morgan fingerprint density at radius 2 is 1.92 bits per heavy atom. The lowest BCUT2D eigenvalue weighted by Crippen LogP contribution is -2.40. The fourth-order valence-corrected chi connectivity index (χ4v) is 4.24. The first kappa shape index (κ1) is 17.8. The van der Waals surface area contributed by atoms with Crippen LogP contribution in [0.2, 0.25) is 5.02 Å². The SMILES string of the molecule is O=C(CCCc1ccc(C2CCCCC2)c(Cl)c1)N1CCOCC1. The van der Waals surface area contributed by atoms with Gasteiger partial charge in [-0.3, -0.25) is 4.79 Å². The van der Waals surface area contributed by atoms with Crippen molar-refractivity contribution in [1.29, 1.82) is 0 Å². The summed E-state index contributed by atoms with van der Waals surface area (Å²) >= 11 is 6.54. The van der Waals surface area contributed by atoms with E-state index < -0.39 is 0 Å². The molecule has 4 heteroatoms. The molecule has 0 bridgehead atoms. The van der Waals surface area contributed by atoms with Crippen LogP contribution >= 0.6 is 11.6 Å². The monoisotopic (exact) mass is 349 g/mol. The molecular weight excluding hydrogens is 322 g/mol. The molecule has 0 atom stereocenters. The van der Waals surface area contributed by atoms with Crippen molar-refractivity contribution in [2.24, 2.45) is 0 Å². The fourth-order valence-electron chi connectivity index (χ4n) is 3.89. The lowest BCUT2D eigenvalue weighted by molar-refractivity contribution is -0.135. The molecule has 3 nitrogen and oxygen atoms in total. The van der Waals surface area contributed by atoms with Gasteiger partial charge in [-0.25, -0.2) is 0 Å². The number of benzene rings is 1. The Morgan fingerprint density at radius 3 is 2.62 bits per heavy atom. The van der Waals surface area contributed by atoms with Gasteiger partial charge in [0.15, 0.2) is 0 Å². The number of nitrogens with zero attached hydrogens (tertiary/aromatic N) is 1. The van der Waals surface area contributed by atoms with Crippen molar-refractivity contribution in [2.45, 2.75) is 57.3 Å². The molecule has 1 aromatic carbocycles. The Hall–Kier alpha value is -1.06. The molecule has 1 amide bonds. The number of carbonyl (C=O) groups is 1. The second-order valence-corrected chi connectivity index (χ2v) is 7.44. The largest absolute Gasteiger partial charge is 0.378 e. The summed E-state index contributed by atoms with van der Waals surface area (Å²) in [5.41, 5.74) is 2.57. The zero-order valence-corrected chi connectivity index (χ0v) is 15.2. The molecule has 0 spiro atoms. The first-order chi connectivity index (χ1) is 11.7. The Labute approximate surface area is 150 Å². The van der Waals surface area contributed by atoms with E-state index in [0.717, 1.165) is 31.0 Å². The molecule has 0 N–H and O–H groups in total. The predicted molar refractivity (Wildman–Crippen MR) is 97.6 cm³/mol. The molecule has 1 saturated carbocycles. The number of halogens is 1. The van der Waals surface area contributed by atoms with Gasteiger partial charge in [-0.05, 0) is 48.8 Å². The molecule has 2 aliphatic rings. The van der Waals surface area contributed by atoms with Crippen LogP contribution < -0.4 is 0 Å². The summed E-state index contributed by atoms with van der Waals surface area (Å²) in [6.07, 6.45) is 8.97. The van der Waals surface area contributed by atoms with E-state index in [-0.39, 0.29) is 5.91 Å². The number of hydrogen-bond donors (Lipinski definition) is 0. The minimum atomic E-state index is 0.253. The van der Waals surface area contributed by atoms with Crippen molar-refractivity contribution in [1.82, 2.24) is 4.90 Å². The third-order valence-corrected chi connectivity index (χ3v) is 5.66. The van der Waals surface area contributed by atoms with E-state index in [9.17, 15) is 4.79 Å². The van der Waals surface area contributed by atoms with E-state index in [2.05, 4.69) is 18.2 Å². The summed E-state index contributed by atoms with van der Waals surface area (Å²) in [7, 11) is 0. The van der Waals surface area contributed by atoms with Crippen molar-refractivity contribution in [3.8, 4) is 0 Å². The van der Waals surface area contributed by atoms with Crippen LogP contribution in [-0.4, -0.2) is 37.1 Å². The summed E-state index contributed by atoms with van der Waals surface area (Å²) < 4.78 is 5.29. The van der Waals surface area contributed by atoms with Gasteiger partial charge in [0.2, 0.25) is 5.91 Å². The normalized spacial score (nSPS) is 19.5. The topological polar surface area (TPSA) is 29.5 Å². The van der Waals surface area contributed by atoms with Gasteiger partial charge in [0.25, 0.3) is 0 Å². The molecule has 2 fully saturated rings. The predicted octanol–water partition coefficient (Wildman–Crippen LogP) is 4.57. The molecule has 0 unspecified atom stereocenters. The third-order valence-electron chi connectivity index (χ3n) is 5.33. The highest BCUT2D eigenvalue weighted by atomic mass is 35.5. The van der Waals surface area contributed by atoms with Crippen molar-refractivity contribution in [2.75, 3.05) is 26.3 Å². The number of rotatable bonds is 5. The van der Waals surface area contributed by atoms with Gasteiger partial charge in [-0.15, -0.1) is 0 Å². The highest BCUT2D eigenvalue weighted by molar-refractivity contribution is 6.31. The quantitative estimate of drug-likeness (QED) is 0.779. The molecule has 1 saturated heterocycles. The van der Waals surface area contributed by atoms with Crippen LogP contribution in [0.25, 0.3) is 0 Å². The Morgan fingerprint density at radius 1 is 1.17 bits per heavy atom. The summed E-state index contributed by atoms with van der Waals surface area (Å²) in [4.78, 5) is 14.1. The average molecular weight is 350 g/mol. The highest BCUT2D eigenvalue weighted by Gasteiger charge is 2.19. The van der Waals surface area contributed by atoms with Gasteiger partial charge in [0, 0.05) is 24.5 Å². The van der Waals surface area contributed by atoms with E-state index in [0.29, 0.717) is 25.6 Å². The summed E-state index contributed by atoms with van der Waals surface area (Å²) in [6.45, 7) is 2.81. The molecule has 1 aromatic rings. The molecule has 3 rings (SSSR count). The first-order valence-corrected chi connectivity index (χ1v) is 9.75. The van der Waals surface area contributed by atoms with Crippen LogP contribution in [0.5, 0.6) is 0 Å². The smallest absolute Gasteiger partial charge is 0.222 e. The second kappa shape index (κ2) is 8.87. The number of hydrogen-bond acceptors (Lipinski definition) is 2. The van der Waals surface area contributed by atoms with E-state index in [1.165, 1.54) is 43.2 Å². The van der Waals surface area contributed by atoms with Gasteiger partial charge in [0.1, 0.15) is 0 Å². The summed E-state index contributed by atoms with van der Waals surface area (Å²) in [5.74, 6) is 0.895. The molecule has 0 radical (unpaired) electrons. The molecule has 24 heavy (non-hydrogen) atoms. The zero-order valence-electron chi connectivity index (χ0n) is 14.4. The molecule has 132 valence electrons. The van der Waals surface area contributed by atoms with Crippen molar-refractivity contribution in [3.63, 3.8) is 0 Å². The van der Waals surface area contributed by atoms with Crippen molar-refractivity contribution >= 4 is 17.5 Å². The number of amides is 1. The van der Waals surface area contributed by atoms with Crippen LogP contribution in [0.4, 0.5) is 0 Å². The Bertz CT molecular complexity index is 549. The molecule has 1 aliphatic heterocycles. The summed E-state index contributed by atoms with van der Waals surface area (Å²) in [5, 5.41) is 0.916. The number of ether oxygens (including phenoxy) is 1. The van der Waals surface area contributed by atoms with Gasteiger partial charge < -0.3 is 9.64 Å². The second-order valence-electron chi connectivity index (χ2n) is 7.04. The molecule has 1 aliphatic carbocycles. The number of carbonyl (C=O) groups excluding carboxylic acids is 1. The van der Waals surface area contributed by atoms with E-state index >= 15 is 0 Å². The highest BCUT2D eigenvalue weighted by Crippen LogP contribution is 2.36. The maximum absolute atomic E-state index is 12.2. The average Bonchev–Trinajstić information content (AvgIpc) is 2.63.